The molecule has 0 aliphatic heterocycles. The number of aromatic carboxylic acids is 1. The van der Waals surface area contributed by atoms with Gasteiger partial charge >= 0.3 is 5.97 Å². The highest BCUT2D eigenvalue weighted by Crippen LogP contribution is 2.22. The zero-order valence-corrected chi connectivity index (χ0v) is 9.85. The first-order valence-corrected chi connectivity index (χ1v) is 5.61. The highest BCUT2D eigenvalue weighted by Gasteiger charge is 2.10. The Morgan fingerprint density at radius 1 is 1.28 bits per heavy atom. The number of aromatic hydroxyl groups is 1. The van der Waals surface area contributed by atoms with Crippen LogP contribution in [-0.2, 0) is 4.79 Å². The van der Waals surface area contributed by atoms with Gasteiger partial charge in [0.05, 0.1) is 0 Å². The Morgan fingerprint density at radius 2 is 2.00 bits per heavy atom. The predicted octanol–water partition coefficient (Wildman–Crippen LogP) is 1.16. The number of amides is 1. The third-order valence-electron chi connectivity index (χ3n) is 2.37. The van der Waals surface area contributed by atoms with Crippen LogP contribution in [0.2, 0.25) is 0 Å². The lowest BCUT2D eigenvalue weighted by molar-refractivity contribution is -0.116. The van der Waals surface area contributed by atoms with E-state index in [0.717, 1.165) is 6.42 Å². The molecule has 1 rings (SSSR count). The lowest BCUT2D eigenvalue weighted by Crippen LogP contribution is -2.12. The van der Waals surface area contributed by atoms with Crippen molar-refractivity contribution in [1.82, 2.24) is 0 Å². The maximum Gasteiger partial charge on any atom is 0.339 e. The number of benzene rings is 1. The summed E-state index contributed by atoms with van der Waals surface area (Å²) in [6.45, 7) is 0.543. The topological polar surface area (TPSA) is 113 Å². The fourth-order valence-electron chi connectivity index (χ4n) is 1.44. The Balaban J connectivity index is 2.60. The summed E-state index contributed by atoms with van der Waals surface area (Å²) in [7, 11) is 0. The van der Waals surface area contributed by atoms with Crippen molar-refractivity contribution in [1.29, 1.82) is 0 Å². The van der Waals surface area contributed by atoms with Crippen molar-refractivity contribution in [3.8, 4) is 5.75 Å². The van der Waals surface area contributed by atoms with E-state index in [4.69, 9.17) is 10.8 Å². The second-order valence-corrected chi connectivity index (χ2v) is 3.83. The number of unbranched alkanes of at least 4 members (excludes halogenated alkanes) is 1. The van der Waals surface area contributed by atoms with Gasteiger partial charge in [-0.1, -0.05) is 0 Å². The van der Waals surface area contributed by atoms with Crippen molar-refractivity contribution in [2.75, 3.05) is 11.9 Å². The molecule has 0 saturated carbocycles. The number of carboxylic acid groups (broad SMARTS) is 1. The summed E-state index contributed by atoms with van der Waals surface area (Å²) < 4.78 is 0. The fourth-order valence-corrected chi connectivity index (χ4v) is 1.44. The molecule has 0 aromatic heterocycles. The molecular weight excluding hydrogens is 236 g/mol. The van der Waals surface area contributed by atoms with E-state index < -0.39 is 5.97 Å². The maximum absolute atomic E-state index is 11.5. The molecule has 0 fully saturated rings. The molecule has 1 amide bonds. The lowest BCUT2D eigenvalue weighted by Gasteiger charge is -2.06. The van der Waals surface area contributed by atoms with Gasteiger partial charge in [-0.25, -0.2) is 4.79 Å². The molecular formula is C12H16N2O4. The van der Waals surface area contributed by atoms with Crippen LogP contribution in [0.4, 0.5) is 5.69 Å². The molecule has 0 atom stereocenters. The van der Waals surface area contributed by atoms with Crippen molar-refractivity contribution in [2.45, 2.75) is 19.3 Å². The van der Waals surface area contributed by atoms with Crippen molar-refractivity contribution < 1.29 is 19.8 Å². The van der Waals surface area contributed by atoms with Gasteiger partial charge in [0, 0.05) is 18.2 Å². The second kappa shape index (κ2) is 6.61. The number of nitrogens with two attached hydrogens (primary N) is 1. The Morgan fingerprint density at radius 3 is 2.56 bits per heavy atom. The summed E-state index contributed by atoms with van der Waals surface area (Å²) in [6.07, 6.45) is 1.82. The molecule has 0 spiro atoms. The van der Waals surface area contributed by atoms with E-state index in [2.05, 4.69) is 5.32 Å². The average molecular weight is 252 g/mol. The van der Waals surface area contributed by atoms with E-state index in [-0.39, 0.29) is 17.2 Å². The predicted molar refractivity (Wildman–Crippen MR) is 66.6 cm³/mol. The van der Waals surface area contributed by atoms with E-state index in [9.17, 15) is 14.7 Å². The van der Waals surface area contributed by atoms with Crippen molar-refractivity contribution in [3.63, 3.8) is 0 Å². The third kappa shape index (κ3) is 4.06. The van der Waals surface area contributed by atoms with Gasteiger partial charge in [-0.3, -0.25) is 4.79 Å². The number of rotatable bonds is 6. The minimum absolute atomic E-state index is 0.189. The Hall–Kier alpha value is -2.08. The minimum Gasteiger partial charge on any atom is -0.507 e. The summed E-state index contributed by atoms with van der Waals surface area (Å²) in [5.74, 6) is -1.78. The van der Waals surface area contributed by atoms with Crippen molar-refractivity contribution in [3.05, 3.63) is 23.8 Å². The molecule has 1 aromatic carbocycles. The number of nitrogens with one attached hydrogen (secondary N) is 1. The van der Waals surface area contributed by atoms with E-state index in [1.165, 1.54) is 18.2 Å². The molecule has 0 saturated heterocycles. The van der Waals surface area contributed by atoms with Crippen LogP contribution in [0.3, 0.4) is 0 Å². The SMILES string of the molecule is NCCCCC(=O)Nc1ccc(C(=O)O)c(O)c1. The molecule has 6 heteroatoms. The summed E-state index contributed by atoms with van der Waals surface area (Å²) in [5.41, 5.74) is 5.48. The van der Waals surface area contributed by atoms with Crippen LogP contribution in [-0.4, -0.2) is 28.6 Å². The first-order valence-electron chi connectivity index (χ1n) is 5.61. The molecule has 0 bridgehead atoms. The summed E-state index contributed by atoms with van der Waals surface area (Å²) in [4.78, 5) is 22.1. The lowest BCUT2D eigenvalue weighted by atomic mass is 10.1. The molecule has 0 aliphatic rings. The summed E-state index contributed by atoms with van der Waals surface area (Å²) >= 11 is 0. The minimum atomic E-state index is -1.21. The van der Waals surface area contributed by atoms with Gasteiger partial charge in [-0.2, -0.15) is 0 Å². The van der Waals surface area contributed by atoms with E-state index in [0.29, 0.717) is 25.1 Å². The van der Waals surface area contributed by atoms with Gasteiger partial charge < -0.3 is 21.3 Å². The molecule has 0 radical (unpaired) electrons. The van der Waals surface area contributed by atoms with Crippen LogP contribution in [0.25, 0.3) is 0 Å². The standard InChI is InChI=1S/C12H16N2O4/c13-6-2-1-3-11(16)14-8-4-5-9(12(17)18)10(15)7-8/h4-5,7,15H,1-3,6,13H2,(H,14,16)(H,17,18). The first kappa shape index (κ1) is 14.0. The van der Waals surface area contributed by atoms with E-state index >= 15 is 0 Å². The summed E-state index contributed by atoms with van der Waals surface area (Å²) in [5, 5.41) is 20.7. The zero-order chi connectivity index (χ0) is 13.5. The van der Waals surface area contributed by atoms with Gasteiger partial charge in [0.1, 0.15) is 11.3 Å². The molecule has 18 heavy (non-hydrogen) atoms. The summed E-state index contributed by atoms with van der Waals surface area (Å²) in [6, 6.07) is 3.89. The van der Waals surface area contributed by atoms with Gasteiger partial charge in [-0.05, 0) is 31.5 Å². The quantitative estimate of drug-likeness (QED) is 0.567. The van der Waals surface area contributed by atoms with Crippen LogP contribution in [0.15, 0.2) is 18.2 Å². The van der Waals surface area contributed by atoms with Crippen LogP contribution in [0.1, 0.15) is 29.6 Å². The van der Waals surface area contributed by atoms with E-state index in [1.807, 2.05) is 0 Å². The third-order valence-corrected chi connectivity index (χ3v) is 2.37. The molecule has 0 heterocycles. The largest absolute Gasteiger partial charge is 0.507 e. The molecule has 1 aromatic rings. The Kier molecular flexibility index (Phi) is 5.13. The maximum atomic E-state index is 11.5. The number of anilines is 1. The fraction of sp³-hybridized carbons (Fsp3) is 0.333. The van der Waals surface area contributed by atoms with E-state index in [1.54, 1.807) is 0 Å². The highest BCUT2D eigenvalue weighted by atomic mass is 16.4. The highest BCUT2D eigenvalue weighted by molar-refractivity contribution is 5.94. The van der Waals surface area contributed by atoms with Gasteiger partial charge in [0.2, 0.25) is 5.91 Å². The second-order valence-electron chi connectivity index (χ2n) is 3.83. The van der Waals surface area contributed by atoms with Crippen LogP contribution < -0.4 is 11.1 Å². The molecule has 98 valence electrons. The number of carbonyl (C=O) groups excluding carboxylic acids is 1. The Bertz CT molecular complexity index is 446. The monoisotopic (exact) mass is 252 g/mol. The first-order chi connectivity index (χ1) is 8.54. The number of hydrogen-bond acceptors (Lipinski definition) is 4. The Labute approximate surface area is 104 Å². The number of phenols is 1. The van der Waals surface area contributed by atoms with Crippen LogP contribution in [0, 0.1) is 0 Å². The number of carboxylic acids is 1. The van der Waals surface area contributed by atoms with Crippen LogP contribution >= 0.6 is 0 Å². The molecule has 0 aliphatic carbocycles. The molecule has 0 unspecified atom stereocenters. The van der Waals surface area contributed by atoms with Crippen LogP contribution in [0.5, 0.6) is 5.75 Å². The van der Waals surface area contributed by atoms with Gasteiger partial charge in [-0.15, -0.1) is 0 Å². The van der Waals surface area contributed by atoms with Gasteiger partial charge in [0.25, 0.3) is 0 Å². The van der Waals surface area contributed by atoms with Gasteiger partial charge in [0.15, 0.2) is 0 Å². The normalized spacial score (nSPS) is 10.1. The molecule has 6 nitrogen and oxygen atoms in total. The number of carbonyl (C=O) groups is 2. The number of hydrogen-bond donors (Lipinski definition) is 4. The van der Waals surface area contributed by atoms with Crippen molar-refractivity contribution >= 4 is 17.6 Å². The average Bonchev–Trinajstić information content (AvgIpc) is 2.28. The smallest absolute Gasteiger partial charge is 0.339 e. The zero-order valence-electron chi connectivity index (χ0n) is 9.85. The molecule has 5 N–H and O–H groups in total. The van der Waals surface area contributed by atoms with Crippen molar-refractivity contribution in [2.24, 2.45) is 5.73 Å².